The molecule has 1 aromatic rings. The van der Waals surface area contributed by atoms with Crippen LogP contribution in [0.2, 0.25) is 0 Å². The topological polar surface area (TPSA) is 74.3 Å². The SMILES string of the molecule is Cc1ccc(S(=O)(=O)N2CCC3(CC2)OOC2(CCCCC2)OO3)cc1. The Morgan fingerprint density at radius 3 is 1.85 bits per heavy atom. The smallest absolute Gasteiger partial charge is 0.207 e. The summed E-state index contributed by atoms with van der Waals surface area (Å²) in [6.45, 7) is 2.50. The first-order chi connectivity index (χ1) is 12.4. The minimum atomic E-state index is -3.52. The maximum atomic E-state index is 12.8. The van der Waals surface area contributed by atoms with E-state index >= 15 is 0 Å². The van der Waals surface area contributed by atoms with Gasteiger partial charge in [-0.25, -0.2) is 8.42 Å². The molecule has 0 N–H and O–H groups in total. The highest BCUT2D eigenvalue weighted by Gasteiger charge is 2.51. The Morgan fingerprint density at radius 2 is 1.31 bits per heavy atom. The molecule has 2 spiro atoms. The molecule has 1 saturated carbocycles. The van der Waals surface area contributed by atoms with Gasteiger partial charge in [-0.2, -0.15) is 23.9 Å². The second kappa shape index (κ2) is 6.85. The van der Waals surface area contributed by atoms with Crippen molar-refractivity contribution in [2.24, 2.45) is 0 Å². The van der Waals surface area contributed by atoms with Crippen molar-refractivity contribution in [1.82, 2.24) is 4.31 Å². The van der Waals surface area contributed by atoms with E-state index in [1.807, 2.05) is 6.92 Å². The zero-order chi connectivity index (χ0) is 18.3. The molecule has 144 valence electrons. The first kappa shape index (κ1) is 18.3. The molecular weight excluding hydrogens is 358 g/mol. The van der Waals surface area contributed by atoms with Crippen LogP contribution >= 0.6 is 0 Å². The predicted octanol–water partition coefficient (Wildman–Crippen LogP) is 3.05. The fraction of sp³-hybridized carbons (Fsp3) is 0.667. The zero-order valence-corrected chi connectivity index (χ0v) is 15.8. The molecule has 8 heteroatoms. The molecule has 3 aliphatic rings. The van der Waals surface area contributed by atoms with Crippen molar-refractivity contribution in [2.75, 3.05) is 13.1 Å². The molecule has 0 bridgehead atoms. The minimum Gasteiger partial charge on any atom is -0.207 e. The van der Waals surface area contributed by atoms with Gasteiger partial charge in [0.2, 0.25) is 21.6 Å². The molecule has 3 fully saturated rings. The summed E-state index contributed by atoms with van der Waals surface area (Å²) in [6.07, 6.45) is 5.40. The van der Waals surface area contributed by atoms with Gasteiger partial charge >= 0.3 is 0 Å². The van der Waals surface area contributed by atoms with E-state index in [0.717, 1.165) is 37.7 Å². The predicted molar refractivity (Wildman–Crippen MR) is 92.1 cm³/mol. The average Bonchev–Trinajstić information content (AvgIpc) is 2.66. The molecule has 26 heavy (non-hydrogen) atoms. The van der Waals surface area contributed by atoms with Gasteiger partial charge in [0.15, 0.2) is 0 Å². The van der Waals surface area contributed by atoms with Crippen molar-refractivity contribution < 1.29 is 28.0 Å². The van der Waals surface area contributed by atoms with Crippen LogP contribution < -0.4 is 0 Å². The fourth-order valence-electron chi connectivity index (χ4n) is 3.68. The van der Waals surface area contributed by atoms with Crippen LogP contribution in [0.3, 0.4) is 0 Å². The van der Waals surface area contributed by atoms with Crippen LogP contribution in [0.5, 0.6) is 0 Å². The number of nitrogens with zero attached hydrogens (tertiary/aromatic N) is 1. The number of rotatable bonds is 2. The maximum Gasteiger partial charge on any atom is 0.243 e. The minimum absolute atomic E-state index is 0.288. The number of benzene rings is 1. The number of piperidine rings is 1. The normalized spacial score (nSPS) is 26.2. The molecule has 7 nitrogen and oxygen atoms in total. The Hall–Kier alpha value is -1.03. The Labute approximate surface area is 154 Å². The average molecular weight is 383 g/mol. The summed E-state index contributed by atoms with van der Waals surface area (Å²) in [6, 6.07) is 6.89. The van der Waals surface area contributed by atoms with E-state index in [1.54, 1.807) is 24.3 Å². The molecule has 1 aromatic carbocycles. The van der Waals surface area contributed by atoms with Gasteiger partial charge in [0.1, 0.15) is 0 Å². The molecule has 0 radical (unpaired) electrons. The molecule has 0 atom stereocenters. The lowest BCUT2D eigenvalue weighted by molar-refractivity contribution is -0.662. The van der Waals surface area contributed by atoms with Crippen molar-refractivity contribution in [3.63, 3.8) is 0 Å². The molecule has 0 aromatic heterocycles. The Morgan fingerprint density at radius 1 is 0.808 bits per heavy atom. The van der Waals surface area contributed by atoms with E-state index < -0.39 is 21.6 Å². The van der Waals surface area contributed by atoms with Gasteiger partial charge in [-0.15, -0.1) is 0 Å². The Balaban J connectivity index is 1.39. The van der Waals surface area contributed by atoms with Crippen LogP contribution in [-0.2, 0) is 29.6 Å². The van der Waals surface area contributed by atoms with Gasteiger partial charge < -0.3 is 0 Å². The summed E-state index contributed by atoms with van der Waals surface area (Å²) >= 11 is 0. The van der Waals surface area contributed by atoms with Crippen LogP contribution in [0, 0.1) is 6.92 Å². The van der Waals surface area contributed by atoms with Crippen molar-refractivity contribution in [2.45, 2.75) is 68.3 Å². The van der Waals surface area contributed by atoms with Crippen LogP contribution in [0.4, 0.5) is 0 Å². The fourth-order valence-corrected chi connectivity index (χ4v) is 5.12. The highest BCUT2D eigenvalue weighted by Crippen LogP contribution is 2.42. The van der Waals surface area contributed by atoms with Gasteiger partial charge in [-0.05, 0) is 31.9 Å². The summed E-state index contributed by atoms with van der Waals surface area (Å²) in [5.74, 6) is -1.82. The van der Waals surface area contributed by atoms with E-state index in [2.05, 4.69) is 0 Å². The van der Waals surface area contributed by atoms with Crippen LogP contribution in [-0.4, -0.2) is 37.4 Å². The second-order valence-corrected chi connectivity index (χ2v) is 9.37. The lowest BCUT2D eigenvalue weighted by Gasteiger charge is -2.46. The molecule has 2 saturated heterocycles. The molecule has 4 rings (SSSR count). The summed E-state index contributed by atoms with van der Waals surface area (Å²) in [4.78, 5) is 22.7. The van der Waals surface area contributed by atoms with Gasteiger partial charge in [0.05, 0.1) is 4.90 Å². The monoisotopic (exact) mass is 383 g/mol. The first-order valence-corrected chi connectivity index (χ1v) is 10.7. The first-order valence-electron chi connectivity index (χ1n) is 9.24. The van der Waals surface area contributed by atoms with Crippen molar-refractivity contribution in [3.8, 4) is 0 Å². The third kappa shape index (κ3) is 3.42. The summed E-state index contributed by atoms with van der Waals surface area (Å²) < 4.78 is 27.0. The van der Waals surface area contributed by atoms with Crippen molar-refractivity contribution >= 4 is 10.0 Å². The van der Waals surface area contributed by atoms with E-state index in [9.17, 15) is 8.42 Å². The largest absolute Gasteiger partial charge is 0.243 e. The summed E-state index contributed by atoms with van der Waals surface area (Å²) in [7, 11) is -3.52. The van der Waals surface area contributed by atoms with E-state index in [0.29, 0.717) is 17.7 Å². The van der Waals surface area contributed by atoms with Gasteiger partial charge in [0, 0.05) is 38.8 Å². The van der Waals surface area contributed by atoms with Gasteiger partial charge in [-0.3, -0.25) is 0 Å². The van der Waals surface area contributed by atoms with Gasteiger partial charge in [-0.1, -0.05) is 24.1 Å². The number of hydrogen-bond acceptors (Lipinski definition) is 6. The second-order valence-electron chi connectivity index (χ2n) is 7.43. The lowest BCUT2D eigenvalue weighted by Crippen LogP contribution is -2.56. The standard InChI is InChI=1S/C18H25NO6S/c1-15-5-7-16(8-6-15)26(20,21)19-13-11-18(12-14-19)24-22-17(23-25-18)9-3-2-4-10-17/h5-8H,2-4,9-14H2,1H3. The van der Waals surface area contributed by atoms with Gasteiger partial charge in [0.25, 0.3) is 0 Å². The van der Waals surface area contributed by atoms with Crippen LogP contribution in [0.1, 0.15) is 50.5 Å². The molecule has 2 aliphatic heterocycles. The summed E-state index contributed by atoms with van der Waals surface area (Å²) in [5, 5.41) is 0. The van der Waals surface area contributed by atoms with E-state index in [1.165, 1.54) is 4.31 Å². The van der Waals surface area contributed by atoms with Crippen LogP contribution in [0.25, 0.3) is 0 Å². The highest BCUT2D eigenvalue weighted by molar-refractivity contribution is 7.89. The third-order valence-corrected chi connectivity index (χ3v) is 7.36. The van der Waals surface area contributed by atoms with Crippen LogP contribution in [0.15, 0.2) is 29.2 Å². The lowest BCUT2D eigenvalue weighted by atomic mass is 9.94. The highest BCUT2D eigenvalue weighted by atomic mass is 32.2. The molecule has 0 amide bonds. The molecule has 1 aliphatic carbocycles. The van der Waals surface area contributed by atoms with Crippen molar-refractivity contribution in [1.29, 1.82) is 0 Å². The number of hydrogen-bond donors (Lipinski definition) is 0. The quantitative estimate of drug-likeness (QED) is 0.731. The zero-order valence-electron chi connectivity index (χ0n) is 15.0. The molecular formula is C18H25NO6S. The number of sulfonamides is 1. The van der Waals surface area contributed by atoms with Crippen molar-refractivity contribution in [3.05, 3.63) is 29.8 Å². The Bertz CT molecular complexity index is 721. The number of aryl methyl sites for hydroxylation is 1. The third-order valence-electron chi connectivity index (χ3n) is 5.45. The molecule has 2 heterocycles. The summed E-state index contributed by atoms with van der Waals surface area (Å²) in [5.41, 5.74) is 1.02. The molecule has 0 unspecified atom stereocenters. The Kier molecular flexibility index (Phi) is 4.83. The maximum absolute atomic E-state index is 12.8. The van der Waals surface area contributed by atoms with E-state index in [4.69, 9.17) is 19.6 Å². The van der Waals surface area contributed by atoms with E-state index in [-0.39, 0.29) is 13.1 Å².